The fourth-order valence-electron chi connectivity index (χ4n) is 4.48. The Bertz CT molecular complexity index is 1400. The van der Waals surface area contributed by atoms with Gasteiger partial charge in [-0.05, 0) is 58.7 Å². The minimum Gasteiger partial charge on any atom is -0.482 e. The number of nitrogens with zero attached hydrogens (tertiary/aromatic N) is 4. The standard InChI is InChI=1S/C28H32Cl2FN5O4/c1-16(24-21(29)6-7-22(31)25(24)30)39-23-12-18(13-32-26(23)34-27(38)40-28(3,4)5)19-14-33-36(15-19)20-8-10-35(11-9-20)17(2)37/h6-7,12-16,20H,8-11H2,1-5H3,(H,32,34,38)/t16-/m1/s1. The predicted molar refractivity (Wildman–Crippen MR) is 151 cm³/mol. The van der Waals surface area contributed by atoms with E-state index in [0.717, 1.165) is 18.4 Å². The molecule has 0 saturated carbocycles. The molecule has 3 aromatic rings. The number of rotatable bonds is 6. The average Bonchev–Trinajstić information content (AvgIpc) is 3.37. The number of ether oxygens (including phenoxy) is 2. The first-order valence-corrected chi connectivity index (χ1v) is 13.7. The summed E-state index contributed by atoms with van der Waals surface area (Å²) in [4.78, 5) is 30.5. The van der Waals surface area contributed by atoms with E-state index in [1.807, 2.05) is 15.8 Å². The van der Waals surface area contributed by atoms with Gasteiger partial charge in [-0.1, -0.05) is 23.2 Å². The van der Waals surface area contributed by atoms with E-state index in [1.165, 1.54) is 12.1 Å². The van der Waals surface area contributed by atoms with Crippen LogP contribution in [-0.2, 0) is 9.53 Å². The van der Waals surface area contributed by atoms with Gasteiger partial charge < -0.3 is 14.4 Å². The van der Waals surface area contributed by atoms with Crippen molar-refractivity contribution in [1.82, 2.24) is 19.7 Å². The van der Waals surface area contributed by atoms with Crippen LogP contribution in [0.15, 0.2) is 36.8 Å². The van der Waals surface area contributed by atoms with Crippen molar-refractivity contribution in [2.75, 3.05) is 18.4 Å². The molecule has 0 aliphatic carbocycles. The maximum atomic E-state index is 14.2. The number of nitrogens with one attached hydrogen (secondary N) is 1. The highest BCUT2D eigenvalue weighted by molar-refractivity contribution is 6.36. The molecule has 3 heterocycles. The van der Waals surface area contributed by atoms with Crippen LogP contribution in [0.3, 0.4) is 0 Å². The molecule has 214 valence electrons. The molecule has 12 heteroatoms. The van der Waals surface area contributed by atoms with Crippen LogP contribution in [0.4, 0.5) is 15.0 Å². The van der Waals surface area contributed by atoms with Crippen LogP contribution in [-0.4, -0.2) is 50.4 Å². The first-order valence-electron chi connectivity index (χ1n) is 12.9. The molecule has 9 nitrogen and oxygen atoms in total. The molecule has 1 fully saturated rings. The molecule has 2 amide bonds. The van der Waals surface area contributed by atoms with Crippen molar-refractivity contribution in [2.24, 2.45) is 0 Å². The minimum absolute atomic E-state index is 0.0772. The Morgan fingerprint density at radius 1 is 1.15 bits per heavy atom. The van der Waals surface area contributed by atoms with Gasteiger partial charge in [0.25, 0.3) is 0 Å². The van der Waals surface area contributed by atoms with Crippen LogP contribution < -0.4 is 10.1 Å². The van der Waals surface area contributed by atoms with Gasteiger partial charge in [0.05, 0.1) is 17.3 Å². The molecule has 1 N–H and O–H groups in total. The maximum Gasteiger partial charge on any atom is 0.413 e. The fraction of sp³-hybridized carbons (Fsp3) is 0.429. The smallest absolute Gasteiger partial charge is 0.413 e. The lowest BCUT2D eigenvalue weighted by Crippen LogP contribution is -2.37. The number of carbonyl (C=O) groups is 2. The van der Waals surface area contributed by atoms with Gasteiger partial charge in [-0.3, -0.25) is 14.8 Å². The number of hydrogen-bond acceptors (Lipinski definition) is 6. The molecule has 2 aromatic heterocycles. The molecule has 1 saturated heterocycles. The third-order valence-corrected chi connectivity index (χ3v) is 7.19. The Morgan fingerprint density at radius 3 is 2.50 bits per heavy atom. The molecule has 40 heavy (non-hydrogen) atoms. The summed E-state index contributed by atoms with van der Waals surface area (Å²) in [7, 11) is 0. The maximum absolute atomic E-state index is 14.2. The summed E-state index contributed by atoms with van der Waals surface area (Å²) in [5, 5.41) is 7.26. The Morgan fingerprint density at radius 2 is 1.85 bits per heavy atom. The summed E-state index contributed by atoms with van der Waals surface area (Å²) in [5.74, 6) is -0.238. The van der Waals surface area contributed by atoms with Crippen LogP contribution in [0, 0.1) is 5.82 Å². The number of carbonyl (C=O) groups excluding carboxylic acids is 2. The lowest BCUT2D eigenvalue weighted by atomic mass is 10.1. The average molecular weight is 592 g/mol. The van der Waals surface area contributed by atoms with E-state index in [-0.39, 0.29) is 39.1 Å². The van der Waals surface area contributed by atoms with Crippen molar-refractivity contribution < 1.29 is 23.5 Å². The van der Waals surface area contributed by atoms with E-state index < -0.39 is 23.6 Å². The summed E-state index contributed by atoms with van der Waals surface area (Å²) in [6, 6.07) is 4.46. The molecule has 1 atom stereocenters. The lowest BCUT2D eigenvalue weighted by Gasteiger charge is -2.31. The quantitative estimate of drug-likeness (QED) is 0.308. The minimum atomic E-state index is -0.791. The van der Waals surface area contributed by atoms with Crippen LogP contribution >= 0.6 is 23.2 Å². The van der Waals surface area contributed by atoms with Gasteiger partial charge in [0, 0.05) is 54.1 Å². The van der Waals surface area contributed by atoms with E-state index >= 15 is 0 Å². The molecule has 0 spiro atoms. The summed E-state index contributed by atoms with van der Waals surface area (Å²) in [5.41, 5.74) is 1.00. The molecular weight excluding hydrogens is 560 g/mol. The zero-order chi connectivity index (χ0) is 29.2. The van der Waals surface area contributed by atoms with E-state index in [1.54, 1.807) is 53.1 Å². The predicted octanol–water partition coefficient (Wildman–Crippen LogP) is 7.06. The molecule has 0 radical (unpaired) electrons. The van der Waals surface area contributed by atoms with Gasteiger partial charge in [0.15, 0.2) is 11.6 Å². The van der Waals surface area contributed by atoms with Crippen molar-refractivity contribution in [3.05, 3.63) is 58.2 Å². The third kappa shape index (κ3) is 7.03. The monoisotopic (exact) mass is 591 g/mol. The second kappa shape index (κ2) is 12.0. The van der Waals surface area contributed by atoms with Gasteiger partial charge in [-0.2, -0.15) is 5.10 Å². The third-order valence-electron chi connectivity index (χ3n) is 6.48. The first kappa shape index (κ1) is 29.6. The highest BCUT2D eigenvalue weighted by atomic mass is 35.5. The van der Waals surface area contributed by atoms with Gasteiger partial charge >= 0.3 is 6.09 Å². The Kier molecular flexibility index (Phi) is 8.90. The fourth-order valence-corrected chi connectivity index (χ4v) is 5.16. The molecule has 1 aromatic carbocycles. The molecule has 1 aliphatic rings. The van der Waals surface area contributed by atoms with Gasteiger partial charge in [-0.25, -0.2) is 14.2 Å². The summed E-state index contributed by atoms with van der Waals surface area (Å²) in [6.07, 6.45) is 5.34. The molecule has 0 bridgehead atoms. The van der Waals surface area contributed by atoms with Crippen molar-refractivity contribution in [2.45, 2.75) is 65.2 Å². The number of aromatic nitrogens is 3. The van der Waals surface area contributed by atoms with Crippen molar-refractivity contribution in [1.29, 1.82) is 0 Å². The van der Waals surface area contributed by atoms with Crippen molar-refractivity contribution in [3.63, 3.8) is 0 Å². The number of piperidine rings is 1. The Labute approximate surface area is 242 Å². The molecule has 4 rings (SSSR count). The number of likely N-dealkylation sites (tertiary alicyclic amines) is 1. The van der Waals surface area contributed by atoms with E-state index in [0.29, 0.717) is 18.7 Å². The number of amides is 2. The summed E-state index contributed by atoms with van der Waals surface area (Å²) < 4.78 is 27.6. The number of pyridine rings is 1. The van der Waals surface area contributed by atoms with Crippen molar-refractivity contribution >= 4 is 41.0 Å². The number of anilines is 1. The number of benzene rings is 1. The normalized spacial score (nSPS) is 15.1. The van der Waals surface area contributed by atoms with Crippen LogP contribution in [0.1, 0.15) is 65.2 Å². The number of hydrogen-bond donors (Lipinski definition) is 1. The first-order chi connectivity index (χ1) is 18.8. The van der Waals surface area contributed by atoms with Crippen molar-refractivity contribution in [3.8, 4) is 16.9 Å². The van der Waals surface area contributed by atoms with E-state index in [9.17, 15) is 14.0 Å². The SMILES string of the molecule is CC(=O)N1CCC(n2cc(-c3cnc(NC(=O)OC(C)(C)C)c(O[C@H](C)c4c(Cl)ccc(F)c4Cl)c3)cn2)CC1. The summed E-state index contributed by atoms with van der Waals surface area (Å²) >= 11 is 12.5. The van der Waals surface area contributed by atoms with Crippen LogP contribution in [0.2, 0.25) is 10.0 Å². The van der Waals surface area contributed by atoms with Gasteiger partial charge in [-0.15, -0.1) is 0 Å². The Hall–Kier alpha value is -3.37. The largest absolute Gasteiger partial charge is 0.482 e. The Balaban J connectivity index is 1.62. The zero-order valence-corrected chi connectivity index (χ0v) is 24.5. The van der Waals surface area contributed by atoms with Gasteiger partial charge in [0.1, 0.15) is 17.5 Å². The highest BCUT2D eigenvalue weighted by Gasteiger charge is 2.25. The zero-order valence-electron chi connectivity index (χ0n) is 23.0. The van der Waals surface area contributed by atoms with E-state index in [2.05, 4.69) is 15.4 Å². The van der Waals surface area contributed by atoms with Crippen LogP contribution in [0.5, 0.6) is 5.75 Å². The second-order valence-electron chi connectivity index (χ2n) is 10.7. The topological polar surface area (TPSA) is 98.6 Å². The molecule has 1 aliphatic heterocycles. The lowest BCUT2D eigenvalue weighted by molar-refractivity contribution is -0.130. The second-order valence-corrected chi connectivity index (χ2v) is 11.4. The number of halogens is 3. The molecular formula is C28H32Cl2FN5O4. The van der Waals surface area contributed by atoms with E-state index in [4.69, 9.17) is 32.7 Å². The molecule has 0 unspecified atom stereocenters. The highest BCUT2D eigenvalue weighted by Crippen LogP contribution is 2.38. The van der Waals surface area contributed by atoms with Crippen LogP contribution in [0.25, 0.3) is 11.1 Å². The summed E-state index contributed by atoms with van der Waals surface area (Å²) in [6.45, 7) is 9.86. The van der Waals surface area contributed by atoms with Gasteiger partial charge in [0.2, 0.25) is 5.91 Å².